The van der Waals surface area contributed by atoms with E-state index in [1.807, 2.05) is 26.2 Å². The van der Waals surface area contributed by atoms with Crippen LogP contribution in [0.25, 0.3) is 10.9 Å². The van der Waals surface area contributed by atoms with Crippen LogP contribution in [0.2, 0.25) is 0 Å². The van der Waals surface area contributed by atoms with E-state index in [2.05, 4.69) is 58.9 Å². The van der Waals surface area contributed by atoms with Crippen LogP contribution in [0.1, 0.15) is 36.8 Å². The van der Waals surface area contributed by atoms with Crippen molar-refractivity contribution in [2.75, 3.05) is 24.3 Å². The molecule has 4 rings (SSSR count). The average Bonchev–Trinajstić information content (AvgIpc) is 2.73. The van der Waals surface area contributed by atoms with E-state index in [1.165, 1.54) is 24.0 Å². The van der Waals surface area contributed by atoms with Crippen molar-refractivity contribution < 1.29 is 0 Å². The maximum atomic E-state index is 4.79. The first kappa shape index (κ1) is 19.6. The number of aromatic nitrogens is 2. The Morgan fingerprint density at radius 2 is 1.59 bits per heavy atom. The first-order valence-electron chi connectivity index (χ1n) is 10.6. The molecule has 0 radical (unpaired) electrons. The van der Waals surface area contributed by atoms with Crippen molar-refractivity contribution in [3.63, 3.8) is 0 Å². The highest BCUT2D eigenvalue weighted by molar-refractivity contribution is 5.90. The summed E-state index contributed by atoms with van der Waals surface area (Å²) in [6.45, 7) is 3.14. The van der Waals surface area contributed by atoms with E-state index in [-0.39, 0.29) is 0 Å². The van der Waals surface area contributed by atoms with E-state index < -0.39 is 0 Å². The number of nitrogens with zero attached hydrogens (tertiary/aromatic N) is 3. The van der Waals surface area contributed by atoms with Gasteiger partial charge in [-0.15, -0.1) is 0 Å². The first-order chi connectivity index (χ1) is 14.1. The molecule has 0 atom stereocenters. The Balaban J connectivity index is 1.35. The zero-order valence-electron chi connectivity index (χ0n) is 17.7. The first-order valence-corrected chi connectivity index (χ1v) is 10.6. The van der Waals surface area contributed by atoms with E-state index in [1.54, 1.807) is 0 Å². The third kappa shape index (κ3) is 4.67. The molecule has 5 heteroatoms. The van der Waals surface area contributed by atoms with Gasteiger partial charge in [0.2, 0.25) is 5.95 Å². The van der Waals surface area contributed by atoms with Crippen LogP contribution in [-0.2, 0) is 6.54 Å². The summed E-state index contributed by atoms with van der Waals surface area (Å²) in [5.41, 5.74) is 3.75. The lowest BCUT2D eigenvalue weighted by molar-refractivity contribution is 0.352. The number of hydrogen-bond donors (Lipinski definition) is 2. The topological polar surface area (TPSA) is 53.1 Å². The number of aryl methyl sites for hydroxylation is 1. The van der Waals surface area contributed by atoms with Gasteiger partial charge in [0, 0.05) is 38.1 Å². The molecule has 0 bridgehead atoms. The van der Waals surface area contributed by atoms with Crippen LogP contribution < -0.4 is 15.5 Å². The van der Waals surface area contributed by atoms with Crippen molar-refractivity contribution >= 4 is 22.7 Å². The third-order valence-electron chi connectivity index (χ3n) is 5.91. The number of fused-ring (bicyclic) bond motifs is 1. The van der Waals surface area contributed by atoms with Crippen LogP contribution in [-0.4, -0.2) is 36.1 Å². The van der Waals surface area contributed by atoms with Crippen LogP contribution >= 0.6 is 0 Å². The van der Waals surface area contributed by atoms with Gasteiger partial charge in [-0.2, -0.15) is 4.98 Å². The van der Waals surface area contributed by atoms with Crippen LogP contribution in [0.5, 0.6) is 0 Å². The molecule has 1 fully saturated rings. The Labute approximate surface area is 173 Å². The summed E-state index contributed by atoms with van der Waals surface area (Å²) in [4.78, 5) is 11.6. The number of benzene rings is 2. The SMILES string of the molecule is Cc1ccccc1CN[C@H]1CC[C@@H](Nc2nc(N(C)C)c3ccccc3n2)CC1. The van der Waals surface area contributed by atoms with Gasteiger partial charge in [0.05, 0.1) is 5.52 Å². The van der Waals surface area contributed by atoms with Crippen molar-refractivity contribution in [2.24, 2.45) is 0 Å². The van der Waals surface area contributed by atoms with Crippen LogP contribution in [0.15, 0.2) is 48.5 Å². The summed E-state index contributed by atoms with van der Waals surface area (Å²) in [6.07, 6.45) is 4.63. The van der Waals surface area contributed by atoms with Gasteiger partial charge in [0.1, 0.15) is 5.82 Å². The molecule has 152 valence electrons. The van der Waals surface area contributed by atoms with Crippen molar-refractivity contribution in [3.8, 4) is 0 Å². The maximum absolute atomic E-state index is 4.79. The van der Waals surface area contributed by atoms with Gasteiger partial charge in [-0.3, -0.25) is 0 Å². The second kappa shape index (κ2) is 8.78. The molecule has 5 nitrogen and oxygen atoms in total. The Morgan fingerprint density at radius 1 is 0.897 bits per heavy atom. The van der Waals surface area contributed by atoms with E-state index in [4.69, 9.17) is 9.97 Å². The number of nitrogens with one attached hydrogen (secondary N) is 2. The minimum absolute atomic E-state index is 0.433. The largest absolute Gasteiger partial charge is 0.362 e. The summed E-state index contributed by atoms with van der Waals surface area (Å²) >= 11 is 0. The van der Waals surface area contributed by atoms with Crippen molar-refractivity contribution in [1.29, 1.82) is 0 Å². The molecule has 0 aliphatic heterocycles. The molecule has 1 aliphatic carbocycles. The molecule has 29 heavy (non-hydrogen) atoms. The number of hydrogen-bond acceptors (Lipinski definition) is 5. The van der Waals surface area contributed by atoms with Gasteiger partial charge >= 0.3 is 0 Å². The van der Waals surface area contributed by atoms with Gasteiger partial charge in [-0.1, -0.05) is 36.4 Å². The minimum atomic E-state index is 0.433. The highest BCUT2D eigenvalue weighted by atomic mass is 15.2. The molecule has 1 heterocycles. The lowest BCUT2D eigenvalue weighted by Crippen LogP contribution is -2.37. The Hall–Kier alpha value is -2.66. The molecular formula is C24H31N5. The molecule has 0 spiro atoms. The summed E-state index contributed by atoms with van der Waals surface area (Å²) in [6, 6.07) is 17.9. The predicted octanol–water partition coefficient (Wildman–Crippen LogP) is 4.52. The molecule has 3 aromatic rings. The molecule has 0 saturated heterocycles. The molecular weight excluding hydrogens is 358 g/mol. The van der Waals surface area contributed by atoms with E-state index in [0.717, 1.165) is 42.1 Å². The van der Waals surface area contributed by atoms with E-state index in [0.29, 0.717) is 12.1 Å². The molecule has 1 saturated carbocycles. The fourth-order valence-electron chi connectivity index (χ4n) is 4.15. The number of rotatable bonds is 6. The van der Waals surface area contributed by atoms with Crippen molar-refractivity contribution in [3.05, 3.63) is 59.7 Å². The maximum Gasteiger partial charge on any atom is 0.225 e. The molecule has 0 unspecified atom stereocenters. The van der Waals surface area contributed by atoms with E-state index in [9.17, 15) is 0 Å². The normalized spacial score (nSPS) is 19.3. The summed E-state index contributed by atoms with van der Waals surface area (Å²) in [5.74, 6) is 1.70. The van der Waals surface area contributed by atoms with Crippen LogP contribution in [0.4, 0.5) is 11.8 Å². The highest BCUT2D eigenvalue weighted by Crippen LogP contribution is 2.26. The second-order valence-corrected chi connectivity index (χ2v) is 8.28. The van der Waals surface area contributed by atoms with Gasteiger partial charge < -0.3 is 15.5 Å². The van der Waals surface area contributed by atoms with Crippen molar-refractivity contribution in [1.82, 2.24) is 15.3 Å². The van der Waals surface area contributed by atoms with Crippen molar-refractivity contribution in [2.45, 2.75) is 51.2 Å². The summed E-state index contributed by atoms with van der Waals surface area (Å²) in [5, 5.41) is 8.43. The predicted molar refractivity (Wildman–Crippen MR) is 122 cm³/mol. The smallest absolute Gasteiger partial charge is 0.225 e. The zero-order chi connectivity index (χ0) is 20.2. The standard InChI is InChI=1S/C24H31N5/c1-17-8-4-5-9-18(17)16-25-19-12-14-20(15-13-19)26-24-27-22-11-7-6-10-21(22)23(28-24)29(2)3/h4-11,19-20,25H,12-16H2,1-3H3,(H,26,27,28)/t19-,20+. The Bertz CT molecular complexity index is 960. The summed E-state index contributed by atoms with van der Waals surface area (Å²) < 4.78 is 0. The molecule has 1 aliphatic rings. The van der Waals surface area contributed by atoms with Gasteiger partial charge in [0.25, 0.3) is 0 Å². The molecule has 2 aromatic carbocycles. The molecule has 1 aromatic heterocycles. The van der Waals surface area contributed by atoms with Crippen LogP contribution in [0, 0.1) is 6.92 Å². The Kier molecular flexibility index (Phi) is 5.95. The quantitative estimate of drug-likeness (QED) is 0.649. The number of para-hydroxylation sites is 1. The van der Waals surface area contributed by atoms with Gasteiger partial charge in [0.15, 0.2) is 0 Å². The summed E-state index contributed by atoms with van der Waals surface area (Å²) in [7, 11) is 4.06. The monoisotopic (exact) mass is 389 g/mol. The van der Waals surface area contributed by atoms with E-state index >= 15 is 0 Å². The second-order valence-electron chi connectivity index (χ2n) is 8.28. The molecule has 2 N–H and O–H groups in total. The van der Waals surface area contributed by atoms with Gasteiger partial charge in [-0.25, -0.2) is 4.98 Å². The third-order valence-corrected chi connectivity index (χ3v) is 5.91. The fourth-order valence-corrected chi connectivity index (χ4v) is 4.15. The minimum Gasteiger partial charge on any atom is -0.362 e. The highest BCUT2D eigenvalue weighted by Gasteiger charge is 2.22. The fraction of sp³-hybridized carbons (Fsp3) is 0.417. The lowest BCUT2D eigenvalue weighted by atomic mass is 9.91. The Morgan fingerprint density at radius 3 is 2.34 bits per heavy atom. The zero-order valence-corrected chi connectivity index (χ0v) is 17.7. The number of anilines is 2. The average molecular weight is 390 g/mol. The lowest BCUT2D eigenvalue weighted by Gasteiger charge is -2.30. The molecule has 0 amide bonds. The van der Waals surface area contributed by atoms with Gasteiger partial charge in [-0.05, 0) is 55.9 Å². The van der Waals surface area contributed by atoms with Crippen LogP contribution in [0.3, 0.4) is 0 Å².